The second kappa shape index (κ2) is 7.17. The standard InChI is InChI=1S/C17H25N5O2/c1-12-14(11-21(3)19-12)16-15(13(2)24-20-16)17(23)18-7-10-22-8-5-4-6-9-22/h11H,4-10H2,1-3H3,(H,18,23). The molecule has 1 saturated heterocycles. The molecule has 1 aliphatic rings. The lowest BCUT2D eigenvalue weighted by Crippen LogP contribution is -2.37. The van der Waals surface area contributed by atoms with Gasteiger partial charge in [0.05, 0.1) is 5.69 Å². The van der Waals surface area contributed by atoms with Crippen LogP contribution in [-0.2, 0) is 7.05 Å². The Bertz CT molecular complexity index is 713. The molecule has 7 heteroatoms. The molecule has 3 heterocycles. The van der Waals surface area contributed by atoms with Gasteiger partial charge >= 0.3 is 0 Å². The fraction of sp³-hybridized carbons (Fsp3) is 0.588. The minimum Gasteiger partial charge on any atom is -0.360 e. The molecule has 0 aromatic carbocycles. The van der Waals surface area contributed by atoms with Gasteiger partial charge in [0.15, 0.2) is 0 Å². The third-order valence-corrected chi connectivity index (χ3v) is 4.52. The first kappa shape index (κ1) is 16.7. The average molecular weight is 331 g/mol. The molecule has 0 atom stereocenters. The third-order valence-electron chi connectivity index (χ3n) is 4.52. The molecular formula is C17H25N5O2. The first-order valence-electron chi connectivity index (χ1n) is 8.53. The summed E-state index contributed by atoms with van der Waals surface area (Å²) in [6, 6.07) is 0. The second-order valence-corrected chi connectivity index (χ2v) is 6.42. The zero-order valence-corrected chi connectivity index (χ0v) is 14.6. The molecule has 0 spiro atoms. The number of nitrogens with one attached hydrogen (secondary N) is 1. The number of nitrogens with zero attached hydrogens (tertiary/aromatic N) is 4. The SMILES string of the molecule is Cc1nn(C)cc1-c1noc(C)c1C(=O)NCCN1CCCCC1. The van der Waals surface area contributed by atoms with E-state index in [1.54, 1.807) is 11.6 Å². The number of aryl methyl sites for hydroxylation is 3. The number of hydrogen-bond acceptors (Lipinski definition) is 5. The molecule has 0 unspecified atom stereocenters. The van der Waals surface area contributed by atoms with Crippen LogP contribution in [0.1, 0.15) is 41.1 Å². The van der Waals surface area contributed by atoms with Crippen LogP contribution in [0.3, 0.4) is 0 Å². The van der Waals surface area contributed by atoms with Crippen LogP contribution in [0.4, 0.5) is 0 Å². The number of amides is 1. The van der Waals surface area contributed by atoms with Gasteiger partial charge in [-0.15, -0.1) is 0 Å². The second-order valence-electron chi connectivity index (χ2n) is 6.42. The summed E-state index contributed by atoms with van der Waals surface area (Å²) in [4.78, 5) is 15.0. The molecule has 0 saturated carbocycles. The van der Waals surface area contributed by atoms with Gasteiger partial charge < -0.3 is 14.7 Å². The predicted octanol–water partition coefficient (Wildman–Crippen LogP) is 1.91. The van der Waals surface area contributed by atoms with Crippen molar-refractivity contribution in [3.63, 3.8) is 0 Å². The van der Waals surface area contributed by atoms with Gasteiger partial charge in [0.25, 0.3) is 5.91 Å². The maximum absolute atomic E-state index is 12.6. The smallest absolute Gasteiger partial charge is 0.257 e. The van der Waals surface area contributed by atoms with Gasteiger partial charge in [-0.25, -0.2) is 0 Å². The van der Waals surface area contributed by atoms with Crippen molar-refractivity contribution in [3.8, 4) is 11.3 Å². The van der Waals surface area contributed by atoms with Gasteiger partial charge in [-0.2, -0.15) is 5.10 Å². The van der Waals surface area contributed by atoms with E-state index in [0.717, 1.165) is 30.9 Å². The number of rotatable bonds is 5. The molecule has 1 N–H and O–H groups in total. The monoisotopic (exact) mass is 331 g/mol. The highest BCUT2D eigenvalue weighted by Crippen LogP contribution is 2.27. The van der Waals surface area contributed by atoms with Crippen LogP contribution in [0.2, 0.25) is 0 Å². The van der Waals surface area contributed by atoms with E-state index in [-0.39, 0.29) is 5.91 Å². The minimum atomic E-state index is -0.135. The topological polar surface area (TPSA) is 76.2 Å². The number of likely N-dealkylation sites (tertiary alicyclic amines) is 1. The summed E-state index contributed by atoms with van der Waals surface area (Å²) in [6.45, 7) is 7.44. The van der Waals surface area contributed by atoms with E-state index in [4.69, 9.17) is 4.52 Å². The van der Waals surface area contributed by atoms with E-state index in [0.29, 0.717) is 23.6 Å². The van der Waals surface area contributed by atoms with Gasteiger partial charge in [0.1, 0.15) is 17.0 Å². The lowest BCUT2D eigenvalue weighted by Gasteiger charge is -2.26. The molecule has 1 aliphatic heterocycles. The van der Waals surface area contributed by atoms with Gasteiger partial charge in [-0.3, -0.25) is 9.48 Å². The Morgan fingerprint density at radius 3 is 2.71 bits per heavy atom. The lowest BCUT2D eigenvalue weighted by molar-refractivity contribution is 0.0945. The van der Waals surface area contributed by atoms with E-state index in [9.17, 15) is 4.79 Å². The fourth-order valence-electron chi connectivity index (χ4n) is 3.25. The Balaban J connectivity index is 1.68. The summed E-state index contributed by atoms with van der Waals surface area (Å²) >= 11 is 0. The van der Waals surface area contributed by atoms with Gasteiger partial charge in [-0.05, 0) is 39.8 Å². The van der Waals surface area contributed by atoms with E-state index < -0.39 is 0 Å². The number of carbonyl (C=O) groups is 1. The number of piperidine rings is 1. The van der Waals surface area contributed by atoms with Crippen LogP contribution in [0, 0.1) is 13.8 Å². The molecular weight excluding hydrogens is 306 g/mol. The molecule has 2 aromatic heterocycles. The van der Waals surface area contributed by atoms with Crippen molar-refractivity contribution in [2.24, 2.45) is 7.05 Å². The van der Waals surface area contributed by atoms with Crippen LogP contribution in [-0.4, -0.2) is 51.9 Å². The maximum atomic E-state index is 12.6. The van der Waals surface area contributed by atoms with E-state index >= 15 is 0 Å². The van der Waals surface area contributed by atoms with E-state index in [1.807, 2.05) is 20.2 Å². The quantitative estimate of drug-likeness (QED) is 0.906. The van der Waals surface area contributed by atoms with Crippen molar-refractivity contribution in [1.82, 2.24) is 25.2 Å². The van der Waals surface area contributed by atoms with Crippen molar-refractivity contribution in [3.05, 3.63) is 23.2 Å². The number of aromatic nitrogens is 3. The molecule has 0 bridgehead atoms. The third kappa shape index (κ3) is 3.51. The maximum Gasteiger partial charge on any atom is 0.257 e. The Morgan fingerprint density at radius 2 is 2.04 bits per heavy atom. The first-order valence-corrected chi connectivity index (χ1v) is 8.53. The van der Waals surface area contributed by atoms with Crippen molar-refractivity contribution in [2.45, 2.75) is 33.1 Å². The fourth-order valence-corrected chi connectivity index (χ4v) is 3.25. The molecule has 0 radical (unpaired) electrons. The Labute approximate surface area is 142 Å². The first-order chi connectivity index (χ1) is 11.6. The molecule has 7 nitrogen and oxygen atoms in total. The van der Waals surface area contributed by atoms with Crippen LogP contribution >= 0.6 is 0 Å². The number of carbonyl (C=O) groups excluding carboxylic acids is 1. The summed E-state index contributed by atoms with van der Waals surface area (Å²) in [5, 5.41) is 11.4. The summed E-state index contributed by atoms with van der Waals surface area (Å²) in [5.41, 5.74) is 2.72. The molecule has 130 valence electrons. The molecule has 1 fully saturated rings. The number of hydrogen-bond donors (Lipinski definition) is 1. The normalized spacial score (nSPS) is 15.6. The summed E-state index contributed by atoms with van der Waals surface area (Å²) in [6.07, 6.45) is 5.68. The van der Waals surface area contributed by atoms with Crippen LogP contribution < -0.4 is 5.32 Å². The molecule has 3 rings (SSSR count). The van der Waals surface area contributed by atoms with Crippen LogP contribution in [0.5, 0.6) is 0 Å². The van der Waals surface area contributed by atoms with Gasteiger partial charge in [-0.1, -0.05) is 11.6 Å². The zero-order valence-electron chi connectivity index (χ0n) is 14.6. The summed E-state index contributed by atoms with van der Waals surface area (Å²) in [7, 11) is 1.85. The highest BCUT2D eigenvalue weighted by atomic mass is 16.5. The predicted molar refractivity (Wildman–Crippen MR) is 90.8 cm³/mol. The Morgan fingerprint density at radius 1 is 1.29 bits per heavy atom. The van der Waals surface area contributed by atoms with Crippen LogP contribution in [0.15, 0.2) is 10.7 Å². The molecule has 1 amide bonds. The summed E-state index contributed by atoms with van der Waals surface area (Å²) in [5.74, 6) is 0.396. The highest BCUT2D eigenvalue weighted by molar-refractivity contribution is 6.00. The molecule has 24 heavy (non-hydrogen) atoms. The van der Waals surface area contributed by atoms with Crippen molar-refractivity contribution in [1.29, 1.82) is 0 Å². The molecule has 0 aliphatic carbocycles. The Kier molecular flexibility index (Phi) is 4.99. The zero-order chi connectivity index (χ0) is 17.1. The molecule has 2 aromatic rings. The van der Waals surface area contributed by atoms with Gasteiger partial charge in [0, 0.05) is 31.9 Å². The largest absolute Gasteiger partial charge is 0.360 e. The van der Waals surface area contributed by atoms with Crippen molar-refractivity contribution >= 4 is 5.91 Å². The van der Waals surface area contributed by atoms with E-state index in [2.05, 4.69) is 20.5 Å². The lowest BCUT2D eigenvalue weighted by atomic mass is 10.1. The van der Waals surface area contributed by atoms with Crippen molar-refractivity contribution < 1.29 is 9.32 Å². The van der Waals surface area contributed by atoms with Crippen molar-refractivity contribution in [2.75, 3.05) is 26.2 Å². The van der Waals surface area contributed by atoms with Gasteiger partial charge in [0.2, 0.25) is 0 Å². The summed E-state index contributed by atoms with van der Waals surface area (Å²) < 4.78 is 6.99. The highest BCUT2D eigenvalue weighted by Gasteiger charge is 2.24. The van der Waals surface area contributed by atoms with E-state index in [1.165, 1.54) is 19.3 Å². The average Bonchev–Trinajstić information content (AvgIpc) is 3.10. The minimum absolute atomic E-state index is 0.135. The van der Waals surface area contributed by atoms with Crippen LogP contribution in [0.25, 0.3) is 11.3 Å². The Hall–Kier alpha value is -2.15.